The Morgan fingerprint density at radius 2 is 2.25 bits per heavy atom. The zero-order valence-electron chi connectivity index (χ0n) is 15.3. The Labute approximate surface area is 145 Å². The van der Waals surface area contributed by atoms with E-state index in [9.17, 15) is 9.90 Å². The van der Waals surface area contributed by atoms with E-state index in [4.69, 9.17) is 0 Å². The molecule has 0 unspecified atom stereocenters. The summed E-state index contributed by atoms with van der Waals surface area (Å²) < 4.78 is 2.06. The molecule has 1 N–H and O–H groups in total. The van der Waals surface area contributed by atoms with Crippen LogP contribution in [0.25, 0.3) is 0 Å². The van der Waals surface area contributed by atoms with Gasteiger partial charge in [-0.15, -0.1) is 0 Å². The van der Waals surface area contributed by atoms with E-state index in [1.807, 2.05) is 11.1 Å². The Balaban J connectivity index is 1.95. The van der Waals surface area contributed by atoms with Crippen LogP contribution in [0.3, 0.4) is 0 Å². The van der Waals surface area contributed by atoms with Crippen LogP contribution >= 0.6 is 0 Å². The zero-order valence-corrected chi connectivity index (χ0v) is 15.3. The SMILES string of the molecule is CCc1nccn1CCC(=O)N1CCC[C@@](CO)(CC=C(C)C)C1. The molecule has 0 bridgehead atoms. The maximum atomic E-state index is 12.6. The molecule has 24 heavy (non-hydrogen) atoms. The van der Waals surface area contributed by atoms with Crippen LogP contribution in [-0.2, 0) is 17.8 Å². The Morgan fingerprint density at radius 1 is 1.46 bits per heavy atom. The van der Waals surface area contributed by atoms with Crippen molar-refractivity contribution < 1.29 is 9.90 Å². The molecule has 2 rings (SSSR count). The van der Waals surface area contributed by atoms with Gasteiger partial charge in [-0.3, -0.25) is 4.79 Å². The lowest BCUT2D eigenvalue weighted by molar-refractivity contribution is -0.135. The van der Waals surface area contributed by atoms with Crippen molar-refractivity contribution in [2.24, 2.45) is 5.41 Å². The van der Waals surface area contributed by atoms with Gasteiger partial charge in [-0.1, -0.05) is 18.6 Å². The van der Waals surface area contributed by atoms with Crippen molar-refractivity contribution in [3.63, 3.8) is 0 Å². The van der Waals surface area contributed by atoms with Crippen LogP contribution in [0.2, 0.25) is 0 Å². The lowest BCUT2D eigenvalue weighted by Crippen LogP contribution is -2.47. The number of nitrogens with zero attached hydrogens (tertiary/aromatic N) is 3. The van der Waals surface area contributed by atoms with Crippen molar-refractivity contribution in [1.29, 1.82) is 0 Å². The molecule has 1 aromatic heterocycles. The molecule has 5 heteroatoms. The molecular weight excluding hydrogens is 302 g/mol. The number of hydrogen-bond donors (Lipinski definition) is 1. The fourth-order valence-corrected chi connectivity index (χ4v) is 3.43. The summed E-state index contributed by atoms with van der Waals surface area (Å²) in [5.41, 5.74) is 1.09. The molecule has 1 amide bonds. The van der Waals surface area contributed by atoms with Crippen molar-refractivity contribution in [2.45, 2.75) is 59.4 Å². The minimum Gasteiger partial charge on any atom is -0.396 e. The average Bonchev–Trinajstić information content (AvgIpc) is 3.05. The monoisotopic (exact) mass is 333 g/mol. The summed E-state index contributed by atoms with van der Waals surface area (Å²) >= 11 is 0. The van der Waals surface area contributed by atoms with Gasteiger partial charge >= 0.3 is 0 Å². The number of aryl methyl sites for hydroxylation is 2. The van der Waals surface area contributed by atoms with Gasteiger partial charge in [0.2, 0.25) is 5.91 Å². The summed E-state index contributed by atoms with van der Waals surface area (Å²) in [5, 5.41) is 9.92. The Bertz CT molecular complexity index is 575. The number of rotatable bonds is 7. The molecule has 1 atom stereocenters. The number of aromatic nitrogens is 2. The van der Waals surface area contributed by atoms with Crippen LogP contribution < -0.4 is 0 Å². The van der Waals surface area contributed by atoms with Gasteiger partial charge in [0, 0.05) is 50.3 Å². The Hall–Kier alpha value is -1.62. The fourth-order valence-electron chi connectivity index (χ4n) is 3.43. The molecule has 1 aromatic rings. The standard InChI is InChI=1S/C19H31N3O2/c1-4-17-20-10-13-21(17)12-7-18(24)22-11-5-8-19(14-22,15-23)9-6-16(2)3/h6,10,13,23H,4-5,7-9,11-12,14-15H2,1-3H3/t19-/m1/s1. The summed E-state index contributed by atoms with van der Waals surface area (Å²) in [6.07, 6.45) is 10.1. The molecular formula is C19H31N3O2. The Kier molecular flexibility index (Phi) is 6.60. The summed E-state index contributed by atoms with van der Waals surface area (Å²) in [6.45, 7) is 8.52. The predicted molar refractivity (Wildman–Crippen MR) is 95.6 cm³/mol. The van der Waals surface area contributed by atoms with Crippen molar-refractivity contribution in [2.75, 3.05) is 19.7 Å². The summed E-state index contributed by atoms with van der Waals surface area (Å²) in [5.74, 6) is 1.20. The van der Waals surface area contributed by atoms with E-state index < -0.39 is 0 Å². The van der Waals surface area contributed by atoms with Gasteiger partial charge in [0.1, 0.15) is 5.82 Å². The Morgan fingerprint density at radius 3 is 2.92 bits per heavy atom. The first kappa shape index (κ1) is 18.7. The normalized spacial score (nSPS) is 20.9. The largest absolute Gasteiger partial charge is 0.396 e. The number of aliphatic hydroxyl groups excluding tert-OH is 1. The number of allylic oxidation sites excluding steroid dienone is 2. The number of carbonyl (C=O) groups excluding carboxylic acids is 1. The molecule has 2 heterocycles. The van der Waals surface area contributed by atoms with Crippen LogP contribution in [0, 0.1) is 5.41 Å². The highest BCUT2D eigenvalue weighted by Gasteiger charge is 2.35. The number of piperidine rings is 1. The second-order valence-corrected chi connectivity index (χ2v) is 7.20. The number of carbonyl (C=O) groups is 1. The molecule has 0 saturated carbocycles. The van der Waals surface area contributed by atoms with Crippen LogP contribution in [-0.4, -0.2) is 45.2 Å². The van der Waals surface area contributed by atoms with Gasteiger partial charge in [-0.05, 0) is 33.1 Å². The number of amides is 1. The predicted octanol–water partition coefficient (Wildman–Crippen LogP) is 2.79. The quantitative estimate of drug-likeness (QED) is 0.781. The first-order valence-corrected chi connectivity index (χ1v) is 9.01. The molecule has 1 aliphatic heterocycles. The minimum atomic E-state index is -0.172. The summed E-state index contributed by atoms with van der Waals surface area (Å²) in [7, 11) is 0. The van der Waals surface area contributed by atoms with Crippen LogP contribution in [0.5, 0.6) is 0 Å². The third kappa shape index (κ3) is 4.69. The highest BCUT2D eigenvalue weighted by atomic mass is 16.3. The second kappa shape index (κ2) is 8.47. The van der Waals surface area contributed by atoms with E-state index >= 15 is 0 Å². The number of likely N-dealkylation sites (tertiary alicyclic amines) is 1. The molecule has 0 aliphatic carbocycles. The van der Waals surface area contributed by atoms with E-state index in [0.717, 1.165) is 38.1 Å². The lowest BCUT2D eigenvalue weighted by atomic mass is 9.77. The first-order chi connectivity index (χ1) is 11.5. The third-order valence-corrected chi connectivity index (χ3v) is 4.98. The van der Waals surface area contributed by atoms with Gasteiger partial charge in [-0.2, -0.15) is 0 Å². The average molecular weight is 333 g/mol. The van der Waals surface area contributed by atoms with E-state index in [1.165, 1.54) is 5.57 Å². The van der Waals surface area contributed by atoms with Crippen LogP contribution in [0.15, 0.2) is 24.0 Å². The second-order valence-electron chi connectivity index (χ2n) is 7.20. The lowest BCUT2D eigenvalue weighted by Gasteiger charge is -2.41. The highest BCUT2D eigenvalue weighted by molar-refractivity contribution is 5.76. The maximum Gasteiger partial charge on any atom is 0.224 e. The zero-order chi connectivity index (χ0) is 17.6. The third-order valence-electron chi connectivity index (χ3n) is 4.98. The molecule has 0 radical (unpaired) electrons. The molecule has 1 saturated heterocycles. The van der Waals surface area contributed by atoms with Crippen LogP contribution in [0.1, 0.15) is 52.3 Å². The molecule has 1 fully saturated rings. The van der Waals surface area contributed by atoms with Gasteiger partial charge in [-0.25, -0.2) is 4.98 Å². The fraction of sp³-hybridized carbons (Fsp3) is 0.684. The van der Waals surface area contributed by atoms with Crippen molar-refractivity contribution >= 4 is 5.91 Å². The van der Waals surface area contributed by atoms with Gasteiger partial charge in [0.15, 0.2) is 0 Å². The number of imidazole rings is 1. The van der Waals surface area contributed by atoms with E-state index in [0.29, 0.717) is 19.5 Å². The molecule has 1 aliphatic rings. The summed E-state index contributed by atoms with van der Waals surface area (Å²) in [6, 6.07) is 0. The van der Waals surface area contributed by atoms with Crippen LogP contribution in [0.4, 0.5) is 0 Å². The highest BCUT2D eigenvalue weighted by Crippen LogP contribution is 2.34. The van der Waals surface area contributed by atoms with Crippen molar-refractivity contribution in [3.05, 3.63) is 29.9 Å². The molecule has 0 spiro atoms. The smallest absolute Gasteiger partial charge is 0.224 e. The van der Waals surface area contributed by atoms with Gasteiger partial charge in [0.05, 0.1) is 6.61 Å². The van der Waals surface area contributed by atoms with E-state index in [-0.39, 0.29) is 17.9 Å². The van der Waals surface area contributed by atoms with E-state index in [1.54, 1.807) is 6.20 Å². The summed E-state index contributed by atoms with van der Waals surface area (Å²) in [4.78, 5) is 18.9. The number of hydrogen-bond acceptors (Lipinski definition) is 3. The molecule has 5 nitrogen and oxygen atoms in total. The van der Waals surface area contributed by atoms with E-state index in [2.05, 4.69) is 36.4 Å². The minimum absolute atomic E-state index is 0.141. The van der Waals surface area contributed by atoms with Gasteiger partial charge in [0.25, 0.3) is 0 Å². The van der Waals surface area contributed by atoms with Crippen molar-refractivity contribution in [1.82, 2.24) is 14.5 Å². The molecule has 0 aromatic carbocycles. The first-order valence-electron chi connectivity index (χ1n) is 9.01. The number of aliphatic hydroxyl groups is 1. The van der Waals surface area contributed by atoms with Gasteiger partial charge < -0.3 is 14.6 Å². The van der Waals surface area contributed by atoms with Crippen molar-refractivity contribution in [3.8, 4) is 0 Å². The topological polar surface area (TPSA) is 58.4 Å². The maximum absolute atomic E-state index is 12.6. The molecule has 134 valence electrons.